The number of β-amino-alcohol motifs (C(OH)–C–C–N with tert-alkyl or cyclic N) is 1. The highest BCUT2D eigenvalue weighted by Crippen LogP contribution is 2.29. The largest absolute Gasteiger partial charge is 0.389 e. The molecule has 1 fully saturated rings. The minimum absolute atomic E-state index is 0.207. The van der Waals surface area contributed by atoms with Crippen molar-refractivity contribution >= 4 is 5.82 Å². The SMILES string of the molecule is CCc1nc(-c2ccccc2)nc(N2CCN(CC(O)COCC(C)C)CC2)c1Cc1ccccc1F. The van der Waals surface area contributed by atoms with Crippen LogP contribution in [-0.2, 0) is 17.6 Å². The average molecular weight is 507 g/mol. The van der Waals surface area contributed by atoms with E-state index in [0.29, 0.717) is 43.5 Å². The number of ether oxygens (including phenoxy) is 1. The molecule has 1 N–H and O–H groups in total. The molecule has 1 aromatic heterocycles. The molecule has 0 saturated carbocycles. The summed E-state index contributed by atoms with van der Waals surface area (Å²) in [5, 5.41) is 10.4. The Morgan fingerprint density at radius 3 is 2.32 bits per heavy atom. The molecule has 7 heteroatoms. The normalized spacial score (nSPS) is 15.4. The molecule has 6 nitrogen and oxygen atoms in total. The molecule has 0 radical (unpaired) electrons. The molecule has 1 aliphatic rings. The number of hydrogen-bond donors (Lipinski definition) is 1. The molecule has 4 rings (SSSR count). The van der Waals surface area contributed by atoms with Crippen LogP contribution >= 0.6 is 0 Å². The summed E-state index contributed by atoms with van der Waals surface area (Å²) in [6.07, 6.45) is 0.686. The van der Waals surface area contributed by atoms with E-state index in [1.807, 2.05) is 42.5 Å². The van der Waals surface area contributed by atoms with Crippen molar-refractivity contribution < 1.29 is 14.2 Å². The number of nitrogens with zero attached hydrogens (tertiary/aromatic N) is 4. The first kappa shape index (κ1) is 27.2. The molecule has 3 aromatic rings. The molecule has 1 atom stereocenters. The Labute approximate surface area is 220 Å². The molecule has 0 spiro atoms. The first-order valence-electron chi connectivity index (χ1n) is 13.4. The highest BCUT2D eigenvalue weighted by Gasteiger charge is 2.25. The minimum atomic E-state index is -0.502. The van der Waals surface area contributed by atoms with Gasteiger partial charge in [0.15, 0.2) is 5.82 Å². The van der Waals surface area contributed by atoms with Gasteiger partial charge in [0.05, 0.1) is 12.7 Å². The van der Waals surface area contributed by atoms with Crippen LogP contribution in [0.5, 0.6) is 0 Å². The van der Waals surface area contributed by atoms with Gasteiger partial charge in [0, 0.05) is 62.6 Å². The van der Waals surface area contributed by atoms with Gasteiger partial charge in [-0.15, -0.1) is 0 Å². The highest BCUT2D eigenvalue weighted by molar-refractivity contribution is 5.61. The maximum atomic E-state index is 14.6. The lowest BCUT2D eigenvalue weighted by Gasteiger charge is -2.37. The molecule has 0 amide bonds. The smallest absolute Gasteiger partial charge is 0.161 e. The second-order valence-electron chi connectivity index (χ2n) is 10.2. The second-order valence-corrected chi connectivity index (χ2v) is 10.2. The van der Waals surface area contributed by atoms with Crippen molar-refractivity contribution in [1.82, 2.24) is 14.9 Å². The Bertz CT molecular complexity index is 1130. The van der Waals surface area contributed by atoms with E-state index in [0.717, 1.165) is 55.2 Å². The molecule has 37 heavy (non-hydrogen) atoms. The first-order chi connectivity index (χ1) is 17.9. The average Bonchev–Trinajstić information content (AvgIpc) is 2.90. The van der Waals surface area contributed by atoms with Gasteiger partial charge < -0.3 is 14.7 Å². The van der Waals surface area contributed by atoms with Crippen molar-refractivity contribution in [3.8, 4) is 11.4 Å². The summed E-state index contributed by atoms with van der Waals surface area (Å²) in [5.74, 6) is 1.83. The lowest BCUT2D eigenvalue weighted by Crippen LogP contribution is -2.49. The number of aliphatic hydroxyl groups excluding tert-OH is 1. The van der Waals surface area contributed by atoms with E-state index in [1.165, 1.54) is 6.07 Å². The summed E-state index contributed by atoms with van der Waals surface area (Å²) in [7, 11) is 0. The monoisotopic (exact) mass is 506 g/mol. The molecular weight excluding hydrogens is 467 g/mol. The molecular formula is C30H39FN4O2. The molecule has 198 valence electrons. The lowest BCUT2D eigenvalue weighted by atomic mass is 10.0. The van der Waals surface area contributed by atoms with Crippen molar-refractivity contribution in [3.63, 3.8) is 0 Å². The van der Waals surface area contributed by atoms with Crippen LogP contribution in [-0.4, -0.2) is 72.0 Å². The van der Waals surface area contributed by atoms with Gasteiger partial charge in [0.2, 0.25) is 0 Å². The number of aromatic nitrogens is 2. The quantitative estimate of drug-likeness (QED) is 0.411. The number of benzene rings is 2. The van der Waals surface area contributed by atoms with Gasteiger partial charge in [0.25, 0.3) is 0 Å². The predicted octanol–water partition coefficient (Wildman–Crippen LogP) is 4.59. The van der Waals surface area contributed by atoms with E-state index in [2.05, 4.69) is 30.6 Å². The van der Waals surface area contributed by atoms with Gasteiger partial charge in [-0.25, -0.2) is 14.4 Å². The summed E-state index contributed by atoms with van der Waals surface area (Å²) < 4.78 is 20.3. The van der Waals surface area contributed by atoms with E-state index in [1.54, 1.807) is 6.07 Å². The maximum absolute atomic E-state index is 14.6. The summed E-state index contributed by atoms with van der Waals surface area (Å²) in [6, 6.07) is 17.0. The molecule has 1 saturated heterocycles. The summed E-state index contributed by atoms with van der Waals surface area (Å²) in [6.45, 7) is 11.1. The van der Waals surface area contributed by atoms with Crippen LogP contribution < -0.4 is 4.90 Å². The van der Waals surface area contributed by atoms with Gasteiger partial charge in [-0.1, -0.05) is 69.3 Å². The van der Waals surface area contributed by atoms with Gasteiger partial charge in [0.1, 0.15) is 11.6 Å². The summed E-state index contributed by atoms with van der Waals surface area (Å²) >= 11 is 0. The summed E-state index contributed by atoms with van der Waals surface area (Å²) in [4.78, 5) is 14.5. The maximum Gasteiger partial charge on any atom is 0.161 e. The Morgan fingerprint density at radius 1 is 0.946 bits per heavy atom. The number of aliphatic hydroxyl groups is 1. The molecule has 2 aromatic carbocycles. The summed E-state index contributed by atoms with van der Waals surface area (Å²) in [5.41, 5.74) is 3.56. The number of anilines is 1. The van der Waals surface area contributed by atoms with Crippen LogP contribution in [0.4, 0.5) is 10.2 Å². The number of aryl methyl sites for hydroxylation is 1. The van der Waals surface area contributed by atoms with Crippen molar-refractivity contribution in [3.05, 3.63) is 77.2 Å². The topological polar surface area (TPSA) is 61.7 Å². The molecule has 0 aliphatic carbocycles. The van der Waals surface area contributed by atoms with E-state index < -0.39 is 6.10 Å². The van der Waals surface area contributed by atoms with Crippen molar-refractivity contribution in [2.75, 3.05) is 50.8 Å². The zero-order valence-electron chi connectivity index (χ0n) is 22.2. The zero-order chi connectivity index (χ0) is 26.2. The van der Waals surface area contributed by atoms with E-state index >= 15 is 0 Å². The Morgan fingerprint density at radius 2 is 1.65 bits per heavy atom. The van der Waals surface area contributed by atoms with Gasteiger partial charge in [-0.2, -0.15) is 0 Å². The van der Waals surface area contributed by atoms with Gasteiger partial charge >= 0.3 is 0 Å². The third-order valence-electron chi connectivity index (χ3n) is 6.67. The standard InChI is InChI=1S/C30H39FN4O2/c1-4-28-26(18-24-12-8-9-13-27(24)31)30(33-29(32-28)23-10-6-5-7-11-23)35-16-14-34(15-17-35)19-25(36)21-37-20-22(2)3/h5-13,22,25,36H,4,14-21H2,1-3H3. The van der Waals surface area contributed by atoms with Crippen LogP contribution in [0.1, 0.15) is 37.6 Å². The Hall–Kier alpha value is -2.87. The van der Waals surface area contributed by atoms with E-state index in [4.69, 9.17) is 14.7 Å². The first-order valence-corrected chi connectivity index (χ1v) is 13.4. The zero-order valence-corrected chi connectivity index (χ0v) is 22.2. The number of halogens is 1. The molecule has 1 aliphatic heterocycles. The van der Waals surface area contributed by atoms with E-state index in [-0.39, 0.29) is 5.82 Å². The van der Waals surface area contributed by atoms with Gasteiger partial charge in [-0.05, 0) is 24.0 Å². The van der Waals surface area contributed by atoms with Crippen molar-refractivity contribution in [2.24, 2.45) is 5.92 Å². The van der Waals surface area contributed by atoms with Crippen LogP contribution in [0.2, 0.25) is 0 Å². The Kier molecular flexibility index (Phi) is 9.61. The Balaban J connectivity index is 1.56. The number of hydrogen-bond acceptors (Lipinski definition) is 6. The fraction of sp³-hybridized carbons (Fsp3) is 0.467. The van der Waals surface area contributed by atoms with E-state index in [9.17, 15) is 9.50 Å². The van der Waals surface area contributed by atoms with Gasteiger partial charge in [-0.3, -0.25) is 4.90 Å². The third-order valence-corrected chi connectivity index (χ3v) is 6.67. The molecule has 0 bridgehead atoms. The second kappa shape index (κ2) is 13.1. The molecule has 2 heterocycles. The van der Waals surface area contributed by atoms with Crippen LogP contribution in [0.15, 0.2) is 54.6 Å². The molecule has 1 unspecified atom stereocenters. The fourth-order valence-corrected chi connectivity index (χ4v) is 4.73. The van der Waals surface area contributed by atoms with Crippen LogP contribution in [0.25, 0.3) is 11.4 Å². The predicted molar refractivity (Wildman–Crippen MR) is 146 cm³/mol. The van der Waals surface area contributed by atoms with Crippen LogP contribution in [0.3, 0.4) is 0 Å². The third kappa shape index (κ3) is 7.34. The van der Waals surface area contributed by atoms with Crippen LogP contribution in [0, 0.1) is 11.7 Å². The minimum Gasteiger partial charge on any atom is -0.389 e. The number of rotatable bonds is 11. The van der Waals surface area contributed by atoms with Crippen molar-refractivity contribution in [2.45, 2.75) is 39.7 Å². The fourth-order valence-electron chi connectivity index (χ4n) is 4.73. The lowest BCUT2D eigenvalue weighted by molar-refractivity contribution is 0.00745. The highest BCUT2D eigenvalue weighted by atomic mass is 19.1. The number of piperazine rings is 1. The van der Waals surface area contributed by atoms with Crippen molar-refractivity contribution in [1.29, 1.82) is 0 Å².